The summed E-state index contributed by atoms with van der Waals surface area (Å²) in [6.45, 7) is 1.42. The van der Waals surface area contributed by atoms with E-state index in [-0.39, 0.29) is 17.9 Å². The summed E-state index contributed by atoms with van der Waals surface area (Å²) in [5.41, 5.74) is 8.47. The summed E-state index contributed by atoms with van der Waals surface area (Å²) in [4.78, 5) is 18.2. The molecule has 0 radical (unpaired) electrons. The standard InChI is InChI=1S/C18H19N5O/c1-23(18(24)14-7-8-16(9-19)20-10-14)12-15-11-21-22-17(15)13-5-3-2-4-6-13/h2-8,10,15,17,21-22H,11-12H2,1H3. The minimum absolute atomic E-state index is 0.0919. The Labute approximate surface area is 141 Å². The van der Waals surface area contributed by atoms with E-state index in [1.165, 1.54) is 11.8 Å². The second kappa shape index (κ2) is 7.21. The Bertz CT molecular complexity index is 738. The molecule has 0 aliphatic carbocycles. The number of nitriles is 1. The second-order valence-corrected chi connectivity index (χ2v) is 5.90. The van der Waals surface area contributed by atoms with Crippen LogP contribution in [0.15, 0.2) is 48.7 Å². The number of hydrazine groups is 1. The van der Waals surface area contributed by atoms with Crippen LogP contribution in [-0.4, -0.2) is 35.9 Å². The van der Waals surface area contributed by atoms with Gasteiger partial charge in [-0.15, -0.1) is 0 Å². The Hall–Kier alpha value is -2.75. The zero-order valence-corrected chi connectivity index (χ0v) is 13.4. The smallest absolute Gasteiger partial charge is 0.255 e. The molecular formula is C18H19N5O. The molecule has 1 fully saturated rings. The zero-order chi connectivity index (χ0) is 16.9. The number of benzene rings is 1. The Morgan fingerprint density at radius 2 is 2.12 bits per heavy atom. The molecule has 122 valence electrons. The molecule has 1 aromatic carbocycles. The van der Waals surface area contributed by atoms with Gasteiger partial charge in [0.25, 0.3) is 5.91 Å². The fourth-order valence-electron chi connectivity index (χ4n) is 2.96. The van der Waals surface area contributed by atoms with Gasteiger partial charge in [0.1, 0.15) is 11.8 Å². The van der Waals surface area contributed by atoms with Crippen molar-refractivity contribution in [3.8, 4) is 6.07 Å². The van der Waals surface area contributed by atoms with Gasteiger partial charge in [-0.2, -0.15) is 5.26 Å². The fraction of sp³-hybridized carbons (Fsp3) is 0.278. The molecule has 2 atom stereocenters. The zero-order valence-electron chi connectivity index (χ0n) is 13.4. The highest BCUT2D eigenvalue weighted by Crippen LogP contribution is 2.25. The van der Waals surface area contributed by atoms with E-state index >= 15 is 0 Å². The summed E-state index contributed by atoms with van der Waals surface area (Å²) in [6, 6.07) is 15.5. The quantitative estimate of drug-likeness (QED) is 0.892. The number of rotatable bonds is 4. The van der Waals surface area contributed by atoms with E-state index in [2.05, 4.69) is 28.0 Å². The van der Waals surface area contributed by atoms with Crippen molar-refractivity contribution in [2.75, 3.05) is 20.1 Å². The van der Waals surface area contributed by atoms with Crippen molar-refractivity contribution in [1.82, 2.24) is 20.7 Å². The molecular weight excluding hydrogens is 302 g/mol. The molecule has 2 aromatic rings. The number of carbonyl (C=O) groups excluding carboxylic acids is 1. The molecule has 1 aliphatic rings. The highest BCUT2D eigenvalue weighted by molar-refractivity contribution is 5.93. The van der Waals surface area contributed by atoms with Gasteiger partial charge in [0.2, 0.25) is 0 Å². The van der Waals surface area contributed by atoms with Crippen molar-refractivity contribution in [3.63, 3.8) is 0 Å². The summed E-state index contributed by atoms with van der Waals surface area (Å²) >= 11 is 0. The molecule has 2 N–H and O–H groups in total. The van der Waals surface area contributed by atoms with Gasteiger partial charge in [0.05, 0.1) is 11.6 Å². The van der Waals surface area contributed by atoms with Crippen molar-refractivity contribution in [2.45, 2.75) is 6.04 Å². The number of aromatic nitrogens is 1. The average molecular weight is 321 g/mol. The maximum atomic E-state index is 12.5. The summed E-state index contributed by atoms with van der Waals surface area (Å²) in [5, 5.41) is 8.78. The molecule has 0 bridgehead atoms. The van der Waals surface area contributed by atoms with Crippen LogP contribution in [0.2, 0.25) is 0 Å². The summed E-state index contributed by atoms with van der Waals surface area (Å²) in [5.74, 6) is 0.179. The Kier molecular flexibility index (Phi) is 4.85. The van der Waals surface area contributed by atoms with Crippen molar-refractivity contribution < 1.29 is 4.79 Å². The van der Waals surface area contributed by atoms with Crippen LogP contribution in [0.25, 0.3) is 0 Å². The van der Waals surface area contributed by atoms with Crippen LogP contribution in [0.3, 0.4) is 0 Å². The lowest BCUT2D eigenvalue weighted by Crippen LogP contribution is -2.34. The van der Waals surface area contributed by atoms with Gasteiger partial charge in [0, 0.05) is 32.3 Å². The number of amides is 1. The van der Waals surface area contributed by atoms with Crippen LogP contribution in [0.1, 0.15) is 27.7 Å². The Morgan fingerprint density at radius 1 is 1.33 bits per heavy atom. The molecule has 1 aliphatic heterocycles. The van der Waals surface area contributed by atoms with Crippen LogP contribution in [0, 0.1) is 17.2 Å². The summed E-state index contributed by atoms with van der Waals surface area (Å²) in [6.07, 6.45) is 1.46. The first kappa shape index (κ1) is 16.1. The minimum Gasteiger partial charge on any atom is -0.341 e. The number of nitrogens with zero attached hydrogens (tertiary/aromatic N) is 3. The first-order valence-corrected chi connectivity index (χ1v) is 7.84. The van der Waals surface area contributed by atoms with Gasteiger partial charge in [-0.3, -0.25) is 10.2 Å². The first-order valence-electron chi connectivity index (χ1n) is 7.84. The van der Waals surface area contributed by atoms with Crippen molar-refractivity contribution in [3.05, 3.63) is 65.5 Å². The van der Waals surface area contributed by atoms with Gasteiger partial charge in [-0.05, 0) is 17.7 Å². The third kappa shape index (κ3) is 3.43. The maximum Gasteiger partial charge on any atom is 0.255 e. The van der Waals surface area contributed by atoms with Gasteiger partial charge < -0.3 is 4.90 Å². The second-order valence-electron chi connectivity index (χ2n) is 5.90. The normalized spacial score (nSPS) is 19.7. The van der Waals surface area contributed by atoms with Crippen molar-refractivity contribution >= 4 is 5.91 Å². The predicted molar refractivity (Wildman–Crippen MR) is 89.7 cm³/mol. The first-order chi connectivity index (χ1) is 11.7. The molecule has 6 nitrogen and oxygen atoms in total. The van der Waals surface area contributed by atoms with E-state index in [0.717, 1.165) is 6.54 Å². The highest BCUT2D eigenvalue weighted by Gasteiger charge is 2.30. The Balaban J connectivity index is 1.68. The third-order valence-electron chi connectivity index (χ3n) is 4.23. The molecule has 1 aromatic heterocycles. The molecule has 1 saturated heterocycles. The SMILES string of the molecule is CN(CC1CNNC1c1ccccc1)C(=O)c1ccc(C#N)nc1. The fourth-order valence-corrected chi connectivity index (χ4v) is 2.96. The number of nitrogens with one attached hydrogen (secondary N) is 2. The number of hydrogen-bond acceptors (Lipinski definition) is 5. The molecule has 1 amide bonds. The van der Waals surface area contributed by atoms with Gasteiger partial charge in [0.15, 0.2) is 0 Å². The topological polar surface area (TPSA) is 81.0 Å². The van der Waals surface area contributed by atoms with Crippen LogP contribution < -0.4 is 10.9 Å². The lowest BCUT2D eigenvalue weighted by Gasteiger charge is -2.25. The van der Waals surface area contributed by atoms with Gasteiger partial charge >= 0.3 is 0 Å². The molecule has 3 rings (SSSR count). The van der Waals surface area contributed by atoms with Gasteiger partial charge in [-0.1, -0.05) is 30.3 Å². The number of hydrogen-bond donors (Lipinski definition) is 2. The van der Waals surface area contributed by atoms with Gasteiger partial charge in [-0.25, -0.2) is 10.4 Å². The minimum atomic E-state index is -0.0919. The maximum absolute atomic E-state index is 12.5. The molecule has 2 unspecified atom stereocenters. The molecule has 24 heavy (non-hydrogen) atoms. The van der Waals surface area contributed by atoms with Crippen LogP contribution >= 0.6 is 0 Å². The lowest BCUT2D eigenvalue weighted by molar-refractivity contribution is 0.0771. The number of pyridine rings is 1. The van der Waals surface area contributed by atoms with E-state index in [4.69, 9.17) is 5.26 Å². The Morgan fingerprint density at radius 3 is 2.79 bits per heavy atom. The molecule has 2 heterocycles. The molecule has 0 saturated carbocycles. The molecule has 0 spiro atoms. The third-order valence-corrected chi connectivity index (χ3v) is 4.23. The van der Waals surface area contributed by atoms with Crippen LogP contribution in [0.5, 0.6) is 0 Å². The predicted octanol–water partition coefficient (Wildman–Crippen LogP) is 1.49. The van der Waals surface area contributed by atoms with E-state index in [1.807, 2.05) is 24.3 Å². The van der Waals surface area contributed by atoms with Crippen molar-refractivity contribution in [1.29, 1.82) is 5.26 Å². The molecule has 6 heteroatoms. The monoisotopic (exact) mass is 321 g/mol. The number of carbonyl (C=O) groups is 1. The van der Waals surface area contributed by atoms with E-state index in [1.54, 1.807) is 24.1 Å². The van der Waals surface area contributed by atoms with E-state index in [9.17, 15) is 4.79 Å². The highest BCUT2D eigenvalue weighted by atomic mass is 16.2. The average Bonchev–Trinajstić information content (AvgIpc) is 3.10. The largest absolute Gasteiger partial charge is 0.341 e. The summed E-state index contributed by atoms with van der Waals surface area (Å²) < 4.78 is 0. The summed E-state index contributed by atoms with van der Waals surface area (Å²) in [7, 11) is 1.79. The van der Waals surface area contributed by atoms with E-state index in [0.29, 0.717) is 17.8 Å². The van der Waals surface area contributed by atoms with Crippen LogP contribution in [-0.2, 0) is 0 Å². The van der Waals surface area contributed by atoms with E-state index < -0.39 is 0 Å². The van der Waals surface area contributed by atoms with Crippen LogP contribution in [0.4, 0.5) is 0 Å². The lowest BCUT2D eigenvalue weighted by atomic mass is 9.94. The van der Waals surface area contributed by atoms with Crippen molar-refractivity contribution in [2.24, 2.45) is 5.92 Å².